The molecule has 0 aliphatic carbocycles. The van der Waals surface area contributed by atoms with E-state index in [1.807, 2.05) is 0 Å². The first kappa shape index (κ1) is 21.6. The summed E-state index contributed by atoms with van der Waals surface area (Å²) in [6.07, 6.45) is 14.9. The molecule has 5 heteroatoms. The van der Waals surface area contributed by atoms with Crippen LogP contribution in [-0.2, 0) is 4.79 Å². The third-order valence-corrected chi connectivity index (χ3v) is 4.00. The van der Waals surface area contributed by atoms with E-state index in [1.54, 1.807) is 6.08 Å². The van der Waals surface area contributed by atoms with Crippen molar-refractivity contribution in [3.63, 3.8) is 0 Å². The summed E-state index contributed by atoms with van der Waals surface area (Å²) in [5, 5.41) is 19.5. The highest BCUT2D eigenvalue weighted by molar-refractivity contribution is 5.66. The van der Waals surface area contributed by atoms with Gasteiger partial charge in [-0.3, -0.25) is 14.9 Å². The molecule has 0 radical (unpaired) electrons. The Labute approximate surface area is 140 Å². The fourth-order valence-electron chi connectivity index (χ4n) is 2.57. The van der Waals surface area contributed by atoms with Crippen molar-refractivity contribution in [1.82, 2.24) is 0 Å². The van der Waals surface area contributed by atoms with Crippen LogP contribution < -0.4 is 0 Å². The fraction of sp³-hybridized carbons (Fsp3) is 0.833. The lowest BCUT2D eigenvalue weighted by Gasteiger charge is -2.01. The van der Waals surface area contributed by atoms with Gasteiger partial charge in [0.25, 0.3) is 0 Å². The summed E-state index contributed by atoms with van der Waals surface area (Å²) in [4.78, 5) is 21.1. The predicted octanol–water partition coefficient (Wildman–Crippen LogP) is 5.71. The van der Waals surface area contributed by atoms with Crippen molar-refractivity contribution in [1.29, 1.82) is 0 Å². The van der Waals surface area contributed by atoms with E-state index >= 15 is 0 Å². The molecule has 1 N–H and O–H groups in total. The quantitative estimate of drug-likeness (QED) is 0.223. The maximum Gasteiger partial charge on any atom is 0.303 e. The van der Waals surface area contributed by atoms with E-state index in [1.165, 1.54) is 0 Å². The number of nitrogens with zero attached hydrogens (tertiary/aromatic N) is 1. The summed E-state index contributed by atoms with van der Waals surface area (Å²) in [6.45, 7) is 2.14. The van der Waals surface area contributed by atoms with Gasteiger partial charge in [0.15, 0.2) is 0 Å². The molecule has 0 unspecified atom stereocenters. The number of hydrogen-bond donors (Lipinski definition) is 1. The van der Waals surface area contributed by atoms with Gasteiger partial charge in [-0.05, 0) is 31.8 Å². The van der Waals surface area contributed by atoms with E-state index in [0.29, 0.717) is 12.1 Å². The number of hydrogen-bond acceptors (Lipinski definition) is 3. The summed E-state index contributed by atoms with van der Waals surface area (Å²) < 4.78 is 0. The fourth-order valence-corrected chi connectivity index (χ4v) is 2.57. The van der Waals surface area contributed by atoms with E-state index in [2.05, 4.69) is 6.92 Å². The van der Waals surface area contributed by atoms with Crippen LogP contribution in [-0.4, -0.2) is 16.0 Å². The molecule has 0 fully saturated rings. The maximum absolute atomic E-state index is 11.0. The summed E-state index contributed by atoms with van der Waals surface area (Å²) in [5.41, 5.74) is 0.384. The first-order valence-corrected chi connectivity index (χ1v) is 9.13. The van der Waals surface area contributed by atoms with Crippen molar-refractivity contribution in [3.05, 3.63) is 21.9 Å². The van der Waals surface area contributed by atoms with Gasteiger partial charge in [-0.25, -0.2) is 0 Å². The van der Waals surface area contributed by atoms with E-state index < -0.39 is 5.97 Å². The van der Waals surface area contributed by atoms with Crippen molar-refractivity contribution in [3.8, 4) is 0 Å². The maximum atomic E-state index is 11.0. The number of carbonyl (C=O) groups is 1. The van der Waals surface area contributed by atoms with E-state index in [-0.39, 0.29) is 11.3 Å². The van der Waals surface area contributed by atoms with Crippen molar-refractivity contribution in [2.24, 2.45) is 0 Å². The lowest BCUT2D eigenvalue weighted by Crippen LogP contribution is -1.99. The molecule has 0 aliphatic rings. The van der Waals surface area contributed by atoms with Gasteiger partial charge < -0.3 is 5.11 Å². The second kappa shape index (κ2) is 15.5. The number of allylic oxidation sites excluding steroid dienone is 2. The van der Waals surface area contributed by atoms with Crippen LogP contribution in [0.4, 0.5) is 0 Å². The second-order valence-electron chi connectivity index (χ2n) is 6.17. The molecule has 0 aliphatic heterocycles. The smallest absolute Gasteiger partial charge is 0.303 e. The number of carboxylic acids is 1. The highest BCUT2D eigenvalue weighted by atomic mass is 16.6. The van der Waals surface area contributed by atoms with E-state index in [0.717, 1.165) is 77.0 Å². The Morgan fingerprint density at radius 1 is 0.913 bits per heavy atom. The Bertz CT molecular complexity index is 353. The largest absolute Gasteiger partial charge is 0.481 e. The molecule has 0 aromatic carbocycles. The van der Waals surface area contributed by atoms with Crippen molar-refractivity contribution in [2.75, 3.05) is 0 Å². The van der Waals surface area contributed by atoms with Crippen LogP contribution in [0.25, 0.3) is 0 Å². The van der Waals surface area contributed by atoms with Crippen LogP contribution >= 0.6 is 0 Å². The van der Waals surface area contributed by atoms with Crippen LogP contribution in [0, 0.1) is 10.1 Å². The van der Waals surface area contributed by atoms with Crippen LogP contribution in [0.2, 0.25) is 0 Å². The van der Waals surface area contributed by atoms with Crippen LogP contribution in [0.15, 0.2) is 11.8 Å². The molecular weight excluding hydrogens is 294 g/mol. The van der Waals surface area contributed by atoms with Gasteiger partial charge in [0.2, 0.25) is 5.70 Å². The number of unbranched alkanes of at least 4 members (excludes halogenated alkanes) is 10. The van der Waals surface area contributed by atoms with E-state index in [9.17, 15) is 14.9 Å². The zero-order chi connectivity index (χ0) is 17.3. The Balaban J connectivity index is 3.60. The highest BCUT2D eigenvalue weighted by Gasteiger charge is 2.09. The third kappa shape index (κ3) is 15.3. The van der Waals surface area contributed by atoms with Crippen LogP contribution in [0.3, 0.4) is 0 Å². The topological polar surface area (TPSA) is 80.4 Å². The number of nitro groups is 1. The lowest BCUT2D eigenvalue weighted by atomic mass is 10.1. The predicted molar refractivity (Wildman–Crippen MR) is 93.0 cm³/mol. The highest BCUT2D eigenvalue weighted by Crippen LogP contribution is 2.14. The van der Waals surface area contributed by atoms with Gasteiger partial charge in [-0.2, -0.15) is 0 Å². The molecule has 134 valence electrons. The minimum absolute atomic E-state index is 0.228. The van der Waals surface area contributed by atoms with Crippen molar-refractivity contribution in [2.45, 2.75) is 96.8 Å². The molecule has 0 spiro atoms. The molecule has 0 atom stereocenters. The molecule has 0 rings (SSSR count). The monoisotopic (exact) mass is 327 g/mol. The minimum Gasteiger partial charge on any atom is -0.481 e. The van der Waals surface area contributed by atoms with Crippen molar-refractivity contribution < 1.29 is 14.8 Å². The summed E-state index contributed by atoms with van der Waals surface area (Å²) >= 11 is 0. The SMILES string of the molecule is CCCCCCC(=CCCCCCCCCCC(=O)O)[N+](=O)[O-]. The van der Waals surface area contributed by atoms with Gasteiger partial charge in [0, 0.05) is 12.8 Å². The first-order chi connectivity index (χ1) is 11.1. The standard InChI is InChI=1S/C18H33NO4/c1-2-3-4-11-14-17(19(22)23)15-12-9-7-5-6-8-10-13-16-18(20)21/h15H,2-14,16H2,1H3,(H,20,21). The molecule has 0 aromatic heterocycles. The summed E-state index contributed by atoms with van der Waals surface area (Å²) in [6, 6.07) is 0. The normalized spacial score (nSPS) is 11.6. The van der Waals surface area contributed by atoms with Gasteiger partial charge in [0.1, 0.15) is 0 Å². The molecule has 0 heterocycles. The Morgan fingerprint density at radius 2 is 1.43 bits per heavy atom. The van der Waals surface area contributed by atoms with Crippen LogP contribution in [0.1, 0.15) is 96.8 Å². The summed E-state index contributed by atoms with van der Waals surface area (Å²) in [5.74, 6) is -0.715. The Kier molecular flexibility index (Phi) is 14.6. The zero-order valence-electron chi connectivity index (χ0n) is 14.6. The molecule has 0 amide bonds. The van der Waals surface area contributed by atoms with Gasteiger partial charge in [-0.1, -0.05) is 58.3 Å². The molecule has 0 bridgehead atoms. The third-order valence-electron chi connectivity index (χ3n) is 4.00. The van der Waals surface area contributed by atoms with Crippen molar-refractivity contribution >= 4 is 5.97 Å². The molecule has 5 nitrogen and oxygen atoms in total. The second-order valence-corrected chi connectivity index (χ2v) is 6.17. The molecule has 0 saturated heterocycles. The first-order valence-electron chi connectivity index (χ1n) is 9.13. The van der Waals surface area contributed by atoms with Gasteiger partial charge >= 0.3 is 5.97 Å². The molecule has 0 saturated carbocycles. The van der Waals surface area contributed by atoms with E-state index in [4.69, 9.17) is 5.11 Å². The Hall–Kier alpha value is -1.39. The zero-order valence-corrected chi connectivity index (χ0v) is 14.6. The number of rotatable bonds is 16. The summed E-state index contributed by atoms with van der Waals surface area (Å²) in [7, 11) is 0. The number of aliphatic carboxylic acids is 1. The molecular formula is C18H33NO4. The molecule has 23 heavy (non-hydrogen) atoms. The van der Waals surface area contributed by atoms with Gasteiger partial charge in [-0.15, -0.1) is 0 Å². The Morgan fingerprint density at radius 3 is 2.00 bits per heavy atom. The average Bonchev–Trinajstić information content (AvgIpc) is 2.50. The van der Waals surface area contributed by atoms with Crippen LogP contribution in [0.5, 0.6) is 0 Å². The molecule has 0 aromatic rings. The van der Waals surface area contributed by atoms with Gasteiger partial charge in [0.05, 0.1) is 4.92 Å². The lowest BCUT2D eigenvalue weighted by molar-refractivity contribution is -0.428. The minimum atomic E-state index is -0.715. The average molecular weight is 327 g/mol. The number of carboxylic acid groups (broad SMARTS) is 1.